The molecule has 0 saturated carbocycles. The molecule has 13 aromatic rings. The molecule has 6 heteroatoms. The molecule has 294 valence electrons. The molecule has 6 nitrogen and oxygen atoms in total. The van der Waals surface area contributed by atoms with Gasteiger partial charge in [-0.15, -0.1) is 0 Å². The second-order valence-electron chi connectivity index (χ2n) is 16.0. The van der Waals surface area contributed by atoms with Crippen molar-refractivity contribution in [2.75, 3.05) is 0 Å². The van der Waals surface area contributed by atoms with Gasteiger partial charge in [-0.05, 0) is 101 Å². The Labute approximate surface area is 361 Å². The molecular weight excluding hydrogens is 773 g/mol. The highest BCUT2D eigenvalue weighted by Crippen LogP contribution is 2.39. The third-order valence-corrected chi connectivity index (χ3v) is 12.2. The van der Waals surface area contributed by atoms with Crippen LogP contribution in [0, 0.1) is 0 Å². The highest BCUT2D eigenvalue weighted by atomic mass is 16.3. The molecule has 0 aliphatic heterocycles. The molecular formula is C57H34N4O2. The van der Waals surface area contributed by atoms with Crippen molar-refractivity contribution in [2.24, 2.45) is 0 Å². The lowest BCUT2D eigenvalue weighted by Gasteiger charge is -2.11. The normalized spacial score (nSPS) is 11.8. The standard InChI is InChI=1S/C57H34N4O2/c1-3-12-35(13-4-1)55-58-56(36-14-5-2-6-15-36)60-57(59-55)41-25-29-54-48(34-41)47-33-39(23-28-53(47)63-54)37-16-11-17-42(30-37)61-49-20-9-7-18-43(49)45-31-38(22-26-50(45)61)40-24-27-52-46(32-40)44-19-8-10-21-51(44)62-52/h1-34H. The number of nitrogens with zero attached hydrogens (tertiary/aromatic N) is 4. The quantitative estimate of drug-likeness (QED) is 0.167. The van der Waals surface area contributed by atoms with Crippen LogP contribution in [0.2, 0.25) is 0 Å². The maximum atomic E-state index is 6.41. The Balaban J connectivity index is 0.901. The number of rotatable bonds is 6. The smallest absolute Gasteiger partial charge is 0.164 e. The number of benzene rings is 9. The van der Waals surface area contributed by atoms with E-state index in [9.17, 15) is 0 Å². The van der Waals surface area contributed by atoms with Crippen LogP contribution in [0.5, 0.6) is 0 Å². The molecule has 0 aliphatic rings. The maximum absolute atomic E-state index is 6.41. The molecule has 63 heavy (non-hydrogen) atoms. The van der Waals surface area contributed by atoms with Crippen molar-refractivity contribution in [1.29, 1.82) is 0 Å². The van der Waals surface area contributed by atoms with E-state index in [1.54, 1.807) is 0 Å². The van der Waals surface area contributed by atoms with Crippen molar-refractivity contribution in [1.82, 2.24) is 19.5 Å². The fourth-order valence-corrected chi connectivity index (χ4v) is 9.19. The Morgan fingerprint density at radius 2 is 0.698 bits per heavy atom. The van der Waals surface area contributed by atoms with Crippen LogP contribution in [0.3, 0.4) is 0 Å². The van der Waals surface area contributed by atoms with E-state index in [1.165, 1.54) is 16.3 Å². The summed E-state index contributed by atoms with van der Waals surface area (Å²) in [6.45, 7) is 0. The summed E-state index contributed by atoms with van der Waals surface area (Å²) in [5, 5.41) is 6.70. The van der Waals surface area contributed by atoms with E-state index < -0.39 is 0 Å². The van der Waals surface area contributed by atoms with Gasteiger partial charge in [-0.1, -0.05) is 127 Å². The zero-order valence-electron chi connectivity index (χ0n) is 33.7. The van der Waals surface area contributed by atoms with Crippen LogP contribution in [0.4, 0.5) is 0 Å². The Kier molecular flexibility index (Phi) is 7.80. The van der Waals surface area contributed by atoms with E-state index in [-0.39, 0.29) is 0 Å². The van der Waals surface area contributed by atoms with Crippen molar-refractivity contribution >= 4 is 65.7 Å². The topological polar surface area (TPSA) is 69.9 Å². The molecule has 13 rings (SSSR count). The predicted octanol–water partition coefficient (Wildman–Crippen LogP) is 15.1. The van der Waals surface area contributed by atoms with Crippen LogP contribution in [0.1, 0.15) is 0 Å². The summed E-state index contributed by atoms with van der Waals surface area (Å²) in [6.07, 6.45) is 0. The van der Waals surface area contributed by atoms with Gasteiger partial charge in [-0.3, -0.25) is 0 Å². The van der Waals surface area contributed by atoms with E-state index in [2.05, 4.69) is 126 Å². The van der Waals surface area contributed by atoms with Crippen molar-refractivity contribution in [3.8, 4) is 62.1 Å². The summed E-state index contributed by atoms with van der Waals surface area (Å²) in [7, 11) is 0. The van der Waals surface area contributed by atoms with E-state index >= 15 is 0 Å². The van der Waals surface area contributed by atoms with E-state index in [0.29, 0.717) is 17.5 Å². The second-order valence-corrected chi connectivity index (χ2v) is 16.0. The van der Waals surface area contributed by atoms with Gasteiger partial charge in [0.05, 0.1) is 11.0 Å². The molecule has 4 aromatic heterocycles. The third-order valence-electron chi connectivity index (χ3n) is 12.2. The molecule has 0 bridgehead atoms. The van der Waals surface area contributed by atoms with Crippen molar-refractivity contribution in [3.63, 3.8) is 0 Å². The summed E-state index contributed by atoms with van der Waals surface area (Å²) in [6, 6.07) is 71.8. The minimum absolute atomic E-state index is 0.605. The summed E-state index contributed by atoms with van der Waals surface area (Å²) >= 11 is 0. The first-order valence-electron chi connectivity index (χ1n) is 21.1. The number of hydrogen-bond donors (Lipinski definition) is 0. The van der Waals surface area contributed by atoms with Gasteiger partial charge in [0.2, 0.25) is 0 Å². The first-order valence-corrected chi connectivity index (χ1v) is 21.1. The molecule has 0 N–H and O–H groups in total. The zero-order valence-corrected chi connectivity index (χ0v) is 33.7. The number of furan rings is 2. The molecule has 0 fully saturated rings. The lowest BCUT2D eigenvalue weighted by molar-refractivity contribution is 0.668. The van der Waals surface area contributed by atoms with E-state index in [1.807, 2.05) is 84.9 Å². The second kappa shape index (κ2) is 14.0. The zero-order chi connectivity index (χ0) is 41.4. The summed E-state index contributed by atoms with van der Waals surface area (Å²) in [5.41, 5.74) is 14.1. The highest BCUT2D eigenvalue weighted by Gasteiger charge is 2.18. The fraction of sp³-hybridized carbons (Fsp3) is 0. The fourth-order valence-electron chi connectivity index (χ4n) is 9.19. The Hall–Kier alpha value is -8.61. The first-order chi connectivity index (χ1) is 31.2. The molecule has 0 aliphatic carbocycles. The molecule has 9 aromatic carbocycles. The van der Waals surface area contributed by atoms with Crippen LogP contribution in [-0.2, 0) is 0 Å². The third kappa shape index (κ3) is 5.84. The maximum Gasteiger partial charge on any atom is 0.164 e. The minimum Gasteiger partial charge on any atom is -0.456 e. The van der Waals surface area contributed by atoms with Crippen LogP contribution in [0.25, 0.3) is 128 Å². The van der Waals surface area contributed by atoms with Crippen molar-refractivity contribution in [2.45, 2.75) is 0 Å². The molecule has 0 radical (unpaired) electrons. The van der Waals surface area contributed by atoms with E-state index in [0.717, 1.165) is 94.0 Å². The SMILES string of the molecule is c1ccc(-c2nc(-c3ccccc3)nc(-c3ccc4oc5ccc(-c6cccc(-n7c8ccccc8c8cc(-c9ccc%10oc%11ccccc%11c%10c9)ccc87)c6)cc5c4c3)n2)cc1. The average molecular weight is 807 g/mol. The lowest BCUT2D eigenvalue weighted by atomic mass is 10.0. The number of hydrogen-bond acceptors (Lipinski definition) is 5. The number of aromatic nitrogens is 4. The van der Waals surface area contributed by atoms with Crippen molar-refractivity contribution in [3.05, 3.63) is 206 Å². The molecule has 0 unspecified atom stereocenters. The Morgan fingerprint density at radius 3 is 1.35 bits per heavy atom. The largest absolute Gasteiger partial charge is 0.456 e. The van der Waals surface area contributed by atoms with Gasteiger partial charge in [0.25, 0.3) is 0 Å². The average Bonchev–Trinajstić information content (AvgIpc) is 4.03. The van der Waals surface area contributed by atoms with Gasteiger partial charge in [0.15, 0.2) is 17.5 Å². The summed E-state index contributed by atoms with van der Waals surface area (Å²) < 4.78 is 14.9. The van der Waals surface area contributed by atoms with Gasteiger partial charge in [-0.25, -0.2) is 15.0 Å². The molecule has 0 saturated heterocycles. The van der Waals surface area contributed by atoms with Crippen molar-refractivity contribution < 1.29 is 8.83 Å². The van der Waals surface area contributed by atoms with Crippen LogP contribution < -0.4 is 0 Å². The Morgan fingerprint density at radius 1 is 0.270 bits per heavy atom. The van der Waals surface area contributed by atoms with E-state index in [4.69, 9.17) is 23.8 Å². The molecule has 0 amide bonds. The van der Waals surface area contributed by atoms with Crippen LogP contribution in [-0.4, -0.2) is 19.5 Å². The lowest BCUT2D eigenvalue weighted by Crippen LogP contribution is -2.00. The minimum atomic E-state index is 0.605. The number of fused-ring (bicyclic) bond motifs is 9. The van der Waals surface area contributed by atoms with Gasteiger partial charge in [0, 0.05) is 54.7 Å². The molecule has 4 heterocycles. The monoisotopic (exact) mass is 806 g/mol. The van der Waals surface area contributed by atoms with Gasteiger partial charge >= 0.3 is 0 Å². The first kappa shape index (κ1) is 35.2. The highest BCUT2D eigenvalue weighted by molar-refractivity contribution is 6.12. The van der Waals surface area contributed by atoms with Crippen LogP contribution in [0.15, 0.2) is 215 Å². The predicted molar refractivity (Wildman–Crippen MR) is 256 cm³/mol. The van der Waals surface area contributed by atoms with Gasteiger partial charge in [0.1, 0.15) is 22.3 Å². The summed E-state index contributed by atoms with van der Waals surface area (Å²) in [4.78, 5) is 14.9. The van der Waals surface area contributed by atoms with Gasteiger partial charge in [-0.2, -0.15) is 0 Å². The van der Waals surface area contributed by atoms with Gasteiger partial charge < -0.3 is 13.4 Å². The summed E-state index contributed by atoms with van der Waals surface area (Å²) in [5.74, 6) is 1.86. The molecule has 0 atom stereocenters. The van der Waals surface area contributed by atoms with Crippen LogP contribution >= 0.6 is 0 Å². The molecule has 0 spiro atoms. The number of para-hydroxylation sites is 2. The Bertz CT molecular complexity index is 3860.